The Morgan fingerprint density at radius 1 is 0.525 bits per heavy atom. The molecule has 1 aromatic heterocycles. The Bertz CT molecular complexity index is 2580. The molecule has 302 valence electrons. The second kappa shape index (κ2) is 17.8. The van der Waals surface area contributed by atoms with Crippen LogP contribution in [0.4, 0.5) is 0 Å². The minimum absolute atomic E-state index is 0.0669. The third-order valence-electron chi connectivity index (χ3n) is 11.5. The van der Waals surface area contributed by atoms with E-state index in [0.29, 0.717) is 11.1 Å². The van der Waals surface area contributed by atoms with E-state index < -0.39 is 44.8 Å². The second-order valence-corrected chi connectivity index (χ2v) is 16.5. The zero-order valence-corrected chi connectivity index (χ0v) is 35.3. The number of nitrogens with one attached hydrogen (secondary N) is 1. The third kappa shape index (κ3) is 7.72. The minimum atomic E-state index is -1.12. The van der Waals surface area contributed by atoms with E-state index in [1.165, 1.54) is 4.57 Å². The van der Waals surface area contributed by atoms with Crippen molar-refractivity contribution in [2.45, 2.75) is 33.6 Å². The molecule has 4 atom stereocenters. The average molecular weight is 915 g/mol. The summed E-state index contributed by atoms with van der Waals surface area (Å²) in [5, 5.41) is 0. The number of nitrogens with zero attached hydrogens (tertiary/aromatic N) is 1. The number of benzene rings is 7. The van der Waals surface area contributed by atoms with Gasteiger partial charge in [-0.3, -0.25) is 14.3 Å². The van der Waals surface area contributed by atoms with Gasteiger partial charge in [0.2, 0.25) is 0 Å². The number of hydrogen-bond donors (Lipinski definition) is 1. The van der Waals surface area contributed by atoms with Crippen molar-refractivity contribution in [3.8, 4) is 11.1 Å². The van der Waals surface area contributed by atoms with Gasteiger partial charge in [0.05, 0.1) is 16.1 Å². The van der Waals surface area contributed by atoms with Gasteiger partial charge in [0, 0.05) is 6.20 Å². The number of alkyl halides is 1. The van der Waals surface area contributed by atoms with Crippen molar-refractivity contribution in [1.29, 1.82) is 0 Å². The molecule has 1 N–H and O–H groups in total. The molecule has 0 spiro atoms. The standard InChI is InChI=1S/C53H43IN2O5/c54-47-48(61-53(42-30-16-5-17-31-42,43-32-18-6-19-33-43)44-34-20-7-21-35-44)46(60-50(47)56-36-45(49(57)55-51(56)58)38-22-8-1-9-23-38)37-59-52(39-24-10-2-11-25-39,40-26-12-3-13-27-40)41-28-14-4-15-29-41/h1-36,46-48,50H,37H2,(H,55,57,58)/t46-,47-,48-,50-/m1/s1. The average Bonchev–Trinajstić information content (AvgIpc) is 3.63. The van der Waals surface area contributed by atoms with Gasteiger partial charge >= 0.3 is 5.69 Å². The zero-order valence-electron chi connectivity index (χ0n) is 33.2. The van der Waals surface area contributed by atoms with Gasteiger partial charge in [-0.15, -0.1) is 0 Å². The summed E-state index contributed by atoms with van der Waals surface area (Å²) in [7, 11) is 0. The summed E-state index contributed by atoms with van der Waals surface area (Å²) in [6, 6.07) is 70.6. The Hall–Kier alpha value is -6.17. The Morgan fingerprint density at radius 2 is 0.885 bits per heavy atom. The maximum Gasteiger partial charge on any atom is 0.330 e. The highest BCUT2D eigenvalue weighted by Crippen LogP contribution is 2.48. The van der Waals surface area contributed by atoms with Crippen molar-refractivity contribution >= 4 is 22.6 Å². The van der Waals surface area contributed by atoms with Crippen LogP contribution in [0.25, 0.3) is 11.1 Å². The van der Waals surface area contributed by atoms with Gasteiger partial charge in [0.1, 0.15) is 23.4 Å². The summed E-state index contributed by atoms with van der Waals surface area (Å²) in [5.41, 5.74) is 3.44. The summed E-state index contributed by atoms with van der Waals surface area (Å²) in [6.45, 7) is 0.0669. The SMILES string of the molecule is O=c1[nH]c(=O)n([C@@H]2O[C@H](COC(c3ccccc3)(c3ccccc3)c3ccccc3)[C@@H](OC(c3ccccc3)(c3ccccc3)c3ccccc3)[C@H]2I)cc1-c1ccccc1. The van der Waals surface area contributed by atoms with Crippen LogP contribution in [0.3, 0.4) is 0 Å². The summed E-state index contributed by atoms with van der Waals surface area (Å²) in [6.07, 6.45) is -0.651. The largest absolute Gasteiger partial charge is 0.358 e. The van der Waals surface area contributed by atoms with Crippen LogP contribution in [0.1, 0.15) is 39.6 Å². The van der Waals surface area contributed by atoms with Crippen LogP contribution in [0.5, 0.6) is 0 Å². The van der Waals surface area contributed by atoms with Crippen LogP contribution in [0, 0.1) is 0 Å². The molecule has 0 aliphatic carbocycles. The van der Waals surface area contributed by atoms with E-state index in [2.05, 4.69) is 100 Å². The first-order chi connectivity index (χ1) is 30.0. The molecule has 2 heterocycles. The molecule has 8 heteroatoms. The van der Waals surface area contributed by atoms with Crippen LogP contribution < -0.4 is 11.2 Å². The van der Waals surface area contributed by atoms with Gasteiger partial charge in [-0.05, 0) is 38.9 Å². The number of aromatic amines is 1. The highest BCUT2D eigenvalue weighted by molar-refractivity contribution is 14.1. The van der Waals surface area contributed by atoms with E-state index in [4.69, 9.17) is 14.2 Å². The molecule has 61 heavy (non-hydrogen) atoms. The van der Waals surface area contributed by atoms with Crippen molar-refractivity contribution in [2.75, 3.05) is 6.61 Å². The highest BCUT2D eigenvalue weighted by Gasteiger charge is 2.52. The number of hydrogen-bond acceptors (Lipinski definition) is 5. The van der Waals surface area contributed by atoms with E-state index in [1.54, 1.807) is 6.20 Å². The van der Waals surface area contributed by atoms with Crippen molar-refractivity contribution in [1.82, 2.24) is 9.55 Å². The smallest absolute Gasteiger partial charge is 0.330 e. The molecule has 0 radical (unpaired) electrons. The summed E-state index contributed by atoms with van der Waals surface area (Å²) in [5.74, 6) is 0. The molecule has 7 nitrogen and oxygen atoms in total. The van der Waals surface area contributed by atoms with E-state index in [9.17, 15) is 9.59 Å². The van der Waals surface area contributed by atoms with Gasteiger partial charge in [0.25, 0.3) is 5.56 Å². The highest BCUT2D eigenvalue weighted by atomic mass is 127. The molecular weight excluding hydrogens is 871 g/mol. The third-order valence-corrected chi connectivity index (χ3v) is 12.8. The molecule has 9 rings (SSSR count). The summed E-state index contributed by atoms with van der Waals surface area (Å²) < 4.78 is 23.4. The normalized spacial score (nSPS) is 17.9. The van der Waals surface area contributed by atoms with E-state index >= 15 is 0 Å². The quantitative estimate of drug-likeness (QED) is 0.0708. The van der Waals surface area contributed by atoms with Crippen molar-refractivity contribution < 1.29 is 14.2 Å². The van der Waals surface area contributed by atoms with Gasteiger partial charge in [-0.2, -0.15) is 0 Å². The van der Waals surface area contributed by atoms with Crippen LogP contribution >= 0.6 is 22.6 Å². The monoisotopic (exact) mass is 914 g/mol. The maximum atomic E-state index is 13.9. The fraction of sp³-hybridized carbons (Fsp3) is 0.132. The van der Waals surface area contributed by atoms with E-state index in [-0.39, 0.29) is 6.61 Å². The first-order valence-corrected chi connectivity index (χ1v) is 21.6. The molecular formula is C53H43IN2O5. The molecule has 0 bridgehead atoms. The first kappa shape index (κ1) is 40.2. The van der Waals surface area contributed by atoms with Gasteiger partial charge in [-0.1, -0.05) is 235 Å². The Balaban J connectivity index is 1.22. The number of H-pyrrole nitrogens is 1. The molecule has 0 amide bonds. The van der Waals surface area contributed by atoms with Crippen molar-refractivity contribution in [2.24, 2.45) is 0 Å². The molecule has 1 fully saturated rings. The first-order valence-electron chi connectivity index (χ1n) is 20.3. The number of halogens is 1. The second-order valence-electron chi connectivity index (χ2n) is 15.0. The lowest BCUT2D eigenvalue weighted by molar-refractivity contribution is -0.126. The Morgan fingerprint density at radius 3 is 1.28 bits per heavy atom. The Labute approximate surface area is 368 Å². The number of ether oxygens (including phenoxy) is 3. The van der Waals surface area contributed by atoms with E-state index in [1.807, 2.05) is 140 Å². The topological polar surface area (TPSA) is 82.6 Å². The van der Waals surface area contributed by atoms with Gasteiger partial charge in [0.15, 0.2) is 6.23 Å². The van der Waals surface area contributed by atoms with Crippen LogP contribution in [-0.2, 0) is 25.4 Å². The van der Waals surface area contributed by atoms with Crippen molar-refractivity contribution in [3.63, 3.8) is 0 Å². The molecule has 0 saturated carbocycles. The fourth-order valence-corrected chi connectivity index (χ4v) is 9.72. The van der Waals surface area contributed by atoms with Crippen LogP contribution in [-0.4, -0.2) is 32.3 Å². The van der Waals surface area contributed by atoms with Crippen LogP contribution in [0.2, 0.25) is 0 Å². The molecule has 0 unspecified atom stereocenters. The van der Waals surface area contributed by atoms with Crippen LogP contribution in [0.15, 0.2) is 228 Å². The minimum Gasteiger partial charge on any atom is -0.358 e. The summed E-state index contributed by atoms with van der Waals surface area (Å²) in [4.78, 5) is 29.9. The zero-order chi connectivity index (χ0) is 41.7. The molecule has 8 aromatic rings. The van der Waals surface area contributed by atoms with Gasteiger partial charge < -0.3 is 14.2 Å². The molecule has 1 saturated heterocycles. The fourth-order valence-electron chi connectivity index (χ4n) is 8.59. The van der Waals surface area contributed by atoms with Crippen molar-refractivity contribution in [3.05, 3.63) is 273 Å². The maximum absolute atomic E-state index is 13.9. The molecule has 1 aliphatic heterocycles. The Kier molecular flexibility index (Phi) is 11.8. The summed E-state index contributed by atoms with van der Waals surface area (Å²) >= 11 is 2.36. The predicted molar refractivity (Wildman–Crippen MR) is 248 cm³/mol. The lowest BCUT2D eigenvalue weighted by Crippen LogP contribution is -2.45. The predicted octanol–water partition coefficient (Wildman–Crippen LogP) is 10.3. The van der Waals surface area contributed by atoms with E-state index in [0.717, 1.165) is 33.4 Å². The molecule has 7 aromatic carbocycles. The van der Waals surface area contributed by atoms with Gasteiger partial charge in [-0.25, -0.2) is 4.79 Å². The number of rotatable bonds is 13. The lowest BCUT2D eigenvalue weighted by atomic mass is 9.79. The molecule has 1 aliphatic rings. The lowest BCUT2D eigenvalue weighted by Gasteiger charge is -2.41. The number of aromatic nitrogens is 2.